The molecule has 0 aliphatic carbocycles. The van der Waals surface area contributed by atoms with Gasteiger partial charge in [0.1, 0.15) is 17.4 Å². The van der Waals surface area contributed by atoms with Crippen LogP contribution in [0.25, 0.3) is 0 Å². The molecule has 6 nitrogen and oxygen atoms in total. The maximum absolute atomic E-state index is 13.7. The van der Waals surface area contributed by atoms with Crippen molar-refractivity contribution in [2.75, 3.05) is 57.9 Å². The average molecular weight is 320 g/mol. The maximum atomic E-state index is 13.7. The average Bonchev–Trinajstić information content (AvgIpc) is 2.55. The van der Waals surface area contributed by atoms with Crippen molar-refractivity contribution < 1.29 is 13.9 Å². The van der Waals surface area contributed by atoms with Crippen molar-refractivity contribution in [3.05, 3.63) is 29.6 Å². The number of hydrogen-bond acceptors (Lipinski definition) is 5. The molecule has 7 heteroatoms. The smallest absolute Gasteiger partial charge is 0.234 e. The minimum absolute atomic E-state index is 0.0287. The third-order valence-electron chi connectivity index (χ3n) is 3.81. The minimum Gasteiger partial charge on any atom is -0.383 e. The van der Waals surface area contributed by atoms with Crippen LogP contribution >= 0.6 is 0 Å². The van der Waals surface area contributed by atoms with E-state index in [1.807, 2.05) is 15.9 Å². The first kappa shape index (κ1) is 17.2. The molecule has 2 rings (SSSR count). The number of amides is 1. The molecule has 0 saturated carbocycles. The Morgan fingerprint density at radius 3 is 2.78 bits per heavy atom. The number of hydrogen-bond donors (Lipinski definition) is 1. The SMILES string of the molecule is COCCNC(=O)CN1CCN(c2cccc(F)c2C#N)CC1. The van der Waals surface area contributed by atoms with Crippen molar-refractivity contribution in [1.29, 1.82) is 5.26 Å². The number of nitrogens with zero attached hydrogens (tertiary/aromatic N) is 3. The summed E-state index contributed by atoms with van der Waals surface area (Å²) in [5.41, 5.74) is 0.704. The van der Waals surface area contributed by atoms with E-state index in [1.165, 1.54) is 6.07 Å². The lowest BCUT2D eigenvalue weighted by molar-refractivity contribution is -0.122. The van der Waals surface area contributed by atoms with E-state index in [-0.39, 0.29) is 11.5 Å². The predicted molar refractivity (Wildman–Crippen MR) is 84.7 cm³/mol. The molecule has 1 saturated heterocycles. The molecule has 1 N–H and O–H groups in total. The van der Waals surface area contributed by atoms with Gasteiger partial charge in [0.25, 0.3) is 0 Å². The van der Waals surface area contributed by atoms with E-state index in [4.69, 9.17) is 10.00 Å². The predicted octanol–water partition coefficient (Wildman–Crippen LogP) is 0.582. The largest absolute Gasteiger partial charge is 0.383 e. The normalized spacial score (nSPS) is 15.3. The van der Waals surface area contributed by atoms with Gasteiger partial charge in [-0.2, -0.15) is 5.26 Å². The molecule has 1 aliphatic heterocycles. The summed E-state index contributed by atoms with van der Waals surface area (Å²) in [4.78, 5) is 15.8. The van der Waals surface area contributed by atoms with E-state index in [0.717, 1.165) is 0 Å². The Labute approximate surface area is 135 Å². The van der Waals surface area contributed by atoms with Crippen molar-refractivity contribution in [3.8, 4) is 6.07 Å². The lowest BCUT2D eigenvalue weighted by Gasteiger charge is -2.36. The van der Waals surface area contributed by atoms with Crippen LogP contribution < -0.4 is 10.2 Å². The van der Waals surface area contributed by atoms with Gasteiger partial charge < -0.3 is 15.0 Å². The lowest BCUT2D eigenvalue weighted by atomic mass is 10.1. The molecular formula is C16H21FN4O2. The quantitative estimate of drug-likeness (QED) is 0.777. The summed E-state index contributed by atoms with van der Waals surface area (Å²) in [7, 11) is 1.59. The van der Waals surface area contributed by atoms with Gasteiger partial charge in [0, 0.05) is 39.8 Å². The van der Waals surface area contributed by atoms with E-state index in [9.17, 15) is 9.18 Å². The fraction of sp³-hybridized carbons (Fsp3) is 0.500. The summed E-state index contributed by atoms with van der Waals surface area (Å²) in [6.07, 6.45) is 0. The molecule has 1 heterocycles. The minimum atomic E-state index is -0.495. The zero-order valence-electron chi connectivity index (χ0n) is 13.2. The van der Waals surface area contributed by atoms with Crippen LogP contribution in [0.15, 0.2) is 18.2 Å². The summed E-state index contributed by atoms with van der Waals surface area (Å²) in [6, 6.07) is 6.59. The van der Waals surface area contributed by atoms with Crippen LogP contribution in [0.3, 0.4) is 0 Å². The van der Waals surface area contributed by atoms with Gasteiger partial charge in [0.05, 0.1) is 18.8 Å². The van der Waals surface area contributed by atoms with Crippen LogP contribution in [-0.4, -0.2) is 63.8 Å². The number of benzene rings is 1. The zero-order chi connectivity index (χ0) is 16.7. The molecule has 1 amide bonds. The summed E-state index contributed by atoms with van der Waals surface area (Å²) in [5.74, 6) is -0.524. The van der Waals surface area contributed by atoms with E-state index in [0.29, 0.717) is 51.6 Å². The number of nitriles is 1. The number of anilines is 1. The Morgan fingerprint density at radius 1 is 1.39 bits per heavy atom. The van der Waals surface area contributed by atoms with E-state index in [1.54, 1.807) is 19.2 Å². The number of rotatable bonds is 6. The molecule has 0 unspecified atom stereocenters. The van der Waals surface area contributed by atoms with Gasteiger partial charge in [-0.3, -0.25) is 9.69 Å². The summed E-state index contributed by atoms with van der Waals surface area (Å²) < 4.78 is 18.6. The molecule has 0 atom stereocenters. The molecule has 0 aromatic heterocycles. The van der Waals surface area contributed by atoms with Gasteiger partial charge in [0.15, 0.2) is 0 Å². The Kier molecular flexibility index (Phi) is 6.32. The van der Waals surface area contributed by atoms with Crippen molar-refractivity contribution >= 4 is 11.6 Å². The molecule has 0 bridgehead atoms. The van der Waals surface area contributed by atoms with Crippen LogP contribution in [0.2, 0.25) is 0 Å². The van der Waals surface area contributed by atoms with Crippen LogP contribution in [0.1, 0.15) is 5.56 Å². The first-order valence-electron chi connectivity index (χ1n) is 7.57. The van der Waals surface area contributed by atoms with Crippen LogP contribution in [0.4, 0.5) is 10.1 Å². The van der Waals surface area contributed by atoms with Crippen molar-refractivity contribution in [2.45, 2.75) is 0 Å². The Balaban J connectivity index is 1.86. The highest BCUT2D eigenvalue weighted by Crippen LogP contribution is 2.23. The number of carbonyl (C=O) groups excluding carboxylic acids is 1. The Hall–Kier alpha value is -2.17. The molecule has 1 aromatic rings. The first-order valence-corrected chi connectivity index (χ1v) is 7.57. The number of methoxy groups -OCH3 is 1. The number of piperazine rings is 1. The molecule has 1 fully saturated rings. The fourth-order valence-electron chi connectivity index (χ4n) is 2.59. The van der Waals surface area contributed by atoms with Crippen LogP contribution in [0, 0.1) is 17.1 Å². The number of halogens is 1. The van der Waals surface area contributed by atoms with Gasteiger partial charge in [0.2, 0.25) is 5.91 Å². The van der Waals surface area contributed by atoms with E-state index >= 15 is 0 Å². The topological polar surface area (TPSA) is 68.6 Å². The maximum Gasteiger partial charge on any atom is 0.234 e. The van der Waals surface area contributed by atoms with Gasteiger partial charge in [-0.15, -0.1) is 0 Å². The molecular weight excluding hydrogens is 299 g/mol. The molecule has 23 heavy (non-hydrogen) atoms. The second-order valence-electron chi connectivity index (χ2n) is 5.35. The fourth-order valence-corrected chi connectivity index (χ4v) is 2.59. The first-order chi connectivity index (χ1) is 11.2. The number of carbonyl (C=O) groups is 1. The third-order valence-corrected chi connectivity index (χ3v) is 3.81. The summed E-state index contributed by atoms with van der Waals surface area (Å²) >= 11 is 0. The monoisotopic (exact) mass is 320 g/mol. The van der Waals surface area contributed by atoms with Gasteiger partial charge in [-0.1, -0.05) is 6.07 Å². The summed E-state index contributed by atoms with van der Waals surface area (Å²) in [5, 5.41) is 11.9. The zero-order valence-corrected chi connectivity index (χ0v) is 13.2. The highest BCUT2D eigenvalue weighted by molar-refractivity contribution is 5.78. The standard InChI is InChI=1S/C16H21FN4O2/c1-23-10-5-19-16(22)12-20-6-8-21(9-7-20)15-4-2-3-14(17)13(15)11-18/h2-4H,5-10,12H2,1H3,(H,19,22). The summed E-state index contributed by atoms with van der Waals surface area (Å²) in [6.45, 7) is 4.04. The molecule has 1 aromatic carbocycles. The highest BCUT2D eigenvalue weighted by Gasteiger charge is 2.21. The molecule has 1 aliphatic rings. The highest BCUT2D eigenvalue weighted by atomic mass is 19.1. The van der Waals surface area contributed by atoms with Gasteiger partial charge >= 0.3 is 0 Å². The Bertz CT molecular complexity index is 580. The van der Waals surface area contributed by atoms with Gasteiger partial charge in [-0.25, -0.2) is 4.39 Å². The number of nitrogens with one attached hydrogen (secondary N) is 1. The van der Waals surface area contributed by atoms with E-state index in [2.05, 4.69) is 5.32 Å². The van der Waals surface area contributed by atoms with E-state index < -0.39 is 5.82 Å². The van der Waals surface area contributed by atoms with Crippen molar-refractivity contribution in [3.63, 3.8) is 0 Å². The van der Waals surface area contributed by atoms with Crippen molar-refractivity contribution in [1.82, 2.24) is 10.2 Å². The lowest BCUT2D eigenvalue weighted by Crippen LogP contribution is -2.50. The number of ether oxygens (including phenoxy) is 1. The second-order valence-corrected chi connectivity index (χ2v) is 5.35. The van der Waals surface area contributed by atoms with Crippen LogP contribution in [0.5, 0.6) is 0 Å². The Morgan fingerprint density at radius 2 is 2.13 bits per heavy atom. The van der Waals surface area contributed by atoms with Gasteiger partial charge in [-0.05, 0) is 12.1 Å². The molecule has 0 radical (unpaired) electrons. The molecule has 0 spiro atoms. The molecule has 124 valence electrons. The van der Waals surface area contributed by atoms with Crippen molar-refractivity contribution in [2.24, 2.45) is 0 Å². The third kappa shape index (κ3) is 4.65. The van der Waals surface area contributed by atoms with Crippen LogP contribution in [-0.2, 0) is 9.53 Å². The second kappa shape index (κ2) is 8.46.